The summed E-state index contributed by atoms with van der Waals surface area (Å²) in [6, 6.07) is 7.60. The van der Waals surface area contributed by atoms with Gasteiger partial charge in [-0.1, -0.05) is 18.2 Å². The van der Waals surface area contributed by atoms with Gasteiger partial charge < -0.3 is 18.9 Å². The van der Waals surface area contributed by atoms with E-state index in [2.05, 4.69) is 5.43 Å². The van der Waals surface area contributed by atoms with Crippen molar-refractivity contribution in [1.82, 2.24) is 5.43 Å². The van der Waals surface area contributed by atoms with E-state index in [0.29, 0.717) is 33.0 Å². The lowest BCUT2D eigenvalue weighted by Gasteiger charge is -2.31. The fourth-order valence-corrected chi connectivity index (χ4v) is 2.20. The standard InChI is InChI=1S/C14H22N2O4/c1-17-6-8-19-12-5-3-2-4-11(12)14(16-15)13-10-18-7-9-20-13/h2-5,13-14,16H,6-10,15H2,1H3. The number of hydrazine groups is 1. The van der Waals surface area contributed by atoms with Crippen molar-refractivity contribution in [2.24, 2.45) is 5.84 Å². The van der Waals surface area contributed by atoms with Crippen molar-refractivity contribution < 1.29 is 18.9 Å². The van der Waals surface area contributed by atoms with Gasteiger partial charge >= 0.3 is 0 Å². The topological polar surface area (TPSA) is 75.0 Å². The second kappa shape index (κ2) is 8.18. The third-order valence-electron chi connectivity index (χ3n) is 3.19. The van der Waals surface area contributed by atoms with Gasteiger partial charge in [0.25, 0.3) is 0 Å². The van der Waals surface area contributed by atoms with E-state index in [1.165, 1.54) is 0 Å². The molecule has 2 rings (SSSR count). The zero-order valence-electron chi connectivity index (χ0n) is 11.7. The summed E-state index contributed by atoms with van der Waals surface area (Å²) in [7, 11) is 1.65. The number of nitrogens with one attached hydrogen (secondary N) is 1. The molecule has 2 atom stereocenters. The van der Waals surface area contributed by atoms with Gasteiger partial charge in [-0.15, -0.1) is 0 Å². The van der Waals surface area contributed by atoms with E-state index >= 15 is 0 Å². The van der Waals surface area contributed by atoms with E-state index in [4.69, 9.17) is 24.8 Å². The molecule has 1 aromatic carbocycles. The molecule has 1 saturated heterocycles. The number of ether oxygens (including phenoxy) is 4. The molecule has 1 aliphatic rings. The van der Waals surface area contributed by atoms with Gasteiger partial charge in [0.1, 0.15) is 18.5 Å². The molecular weight excluding hydrogens is 260 g/mol. The maximum atomic E-state index is 5.73. The maximum absolute atomic E-state index is 5.73. The summed E-state index contributed by atoms with van der Waals surface area (Å²) in [5.74, 6) is 6.47. The molecule has 0 spiro atoms. The summed E-state index contributed by atoms with van der Waals surface area (Å²) >= 11 is 0. The highest BCUT2D eigenvalue weighted by Crippen LogP contribution is 2.29. The summed E-state index contributed by atoms with van der Waals surface area (Å²) < 4.78 is 21.9. The lowest BCUT2D eigenvalue weighted by molar-refractivity contribution is -0.102. The van der Waals surface area contributed by atoms with Gasteiger partial charge in [-0.3, -0.25) is 11.3 Å². The molecule has 1 aliphatic heterocycles. The van der Waals surface area contributed by atoms with Crippen molar-refractivity contribution in [2.75, 3.05) is 40.1 Å². The predicted molar refractivity (Wildman–Crippen MR) is 74.4 cm³/mol. The van der Waals surface area contributed by atoms with Crippen LogP contribution in [0.25, 0.3) is 0 Å². The molecule has 0 bridgehead atoms. The minimum atomic E-state index is -0.172. The van der Waals surface area contributed by atoms with Crippen LogP contribution in [0.4, 0.5) is 0 Å². The van der Waals surface area contributed by atoms with Gasteiger partial charge in [0.05, 0.1) is 32.5 Å². The first kappa shape index (κ1) is 15.2. The molecule has 0 amide bonds. The molecule has 1 heterocycles. The normalized spacial score (nSPS) is 20.6. The molecule has 20 heavy (non-hydrogen) atoms. The lowest BCUT2D eigenvalue weighted by Crippen LogP contribution is -2.43. The second-order valence-electron chi connectivity index (χ2n) is 4.51. The van der Waals surface area contributed by atoms with E-state index in [-0.39, 0.29) is 12.1 Å². The monoisotopic (exact) mass is 282 g/mol. The highest BCUT2D eigenvalue weighted by atomic mass is 16.6. The fourth-order valence-electron chi connectivity index (χ4n) is 2.20. The quantitative estimate of drug-likeness (QED) is 0.434. The Bertz CT molecular complexity index is 397. The number of nitrogens with two attached hydrogens (primary N) is 1. The number of para-hydroxylation sites is 1. The van der Waals surface area contributed by atoms with Gasteiger partial charge in [0, 0.05) is 12.7 Å². The summed E-state index contributed by atoms with van der Waals surface area (Å²) in [5, 5.41) is 0. The van der Waals surface area contributed by atoms with E-state index in [1.54, 1.807) is 7.11 Å². The number of benzene rings is 1. The van der Waals surface area contributed by atoms with Crippen LogP contribution in [0.1, 0.15) is 11.6 Å². The number of methoxy groups -OCH3 is 1. The Morgan fingerprint density at radius 3 is 2.90 bits per heavy atom. The van der Waals surface area contributed by atoms with Crippen LogP contribution in [0.2, 0.25) is 0 Å². The number of hydrogen-bond acceptors (Lipinski definition) is 6. The molecule has 0 aromatic heterocycles. The van der Waals surface area contributed by atoms with Gasteiger partial charge in [0.2, 0.25) is 0 Å². The fraction of sp³-hybridized carbons (Fsp3) is 0.571. The minimum absolute atomic E-state index is 0.124. The maximum Gasteiger partial charge on any atom is 0.124 e. The largest absolute Gasteiger partial charge is 0.491 e. The Balaban J connectivity index is 2.11. The molecular formula is C14H22N2O4. The first-order valence-corrected chi connectivity index (χ1v) is 6.73. The number of hydrogen-bond donors (Lipinski definition) is 2. The highest BCUT2D eigenvalue weighted by Gasteiger charge is 2.27. The molecule has 6 heteroatoms. The third-order valence-corrected chi connectivity index (χ3v) is 3.19. The Morgan fingerprint density at radius 2 is 2.20 bits per heavy atom. The zero-order chi connectivity index (χ0) is 14.2. The average Bonchev–Trinajstić information content (AvgIpc) is 2.51. The van der Waals surface area contributed by atoms with Gasteiger partial charge in [-0.25, -0.2) is 0 Å². The Kier molecular flexibility index (Phi) is 6.23. The molecule has 1 aromatic rings. The molecule has 6 nitrogen and oxygen atoms in total. The summed E-state index contributed by atoms with van der Waals surface area (Å²) in [5.41, 5.74) is 3.76. The minimum Gasteiger partial charge on any atom is -0.491 e. The third kappa shape index (κ3) is 3.91. The average molecular weight is 282 g/mol. The molecule has 3 N–H and O–H groups in total. The van der Waals surface area contributed by atoms with Crippen LogP contribution >= 0.6 is 0 Å². The second-order valence-corrected chi connectivity index (χ2v) is 4.51. The smallest absolute Gasteiger partial charge is 0.124 e. The van der Waals surface area contributed by atoms with Gasteiger partial charge in [0.15, 0.2) is 0 Å². The van der Waals surface area contributed by atoms with E-state index in [9.17, 15) is 0 Å². The molecule has 0 saturated carbocycles. The molecule has 2 unspecified atom stereocenters. The summed E-state index contributed by atoms with van der Waals surface area (Å²) in [6.45, 7) is 2.75. The predicted octanol–water partition coefficient (Wildman–Crippen LogP) is 0.632. The summed E-state index contributed by atoms with van der Waals surface area (Å²) in [6.07, 6.45) is -0.124. The van der Waals surface area contributed by atoms with E-state index in [0.717, 1.165) is 11.3 Å². The lowest BCUT2D eigenvalue weighted by atomic mass is 10.0. The van der Waals surface area contributed by atoms with Crippen molar-refractivity contribution in [3.8, 4) is 5.75 Å². The Hall–Kier alpha value is -1.18. The van der Waals surface area contributed by atoms with Crippen LogP contribution in [0.5, 0.6) is 5.75 Å². The van der Waals surface area contributed by atoms with Crippen LogP contribution in [0.3, 0.4) is 0 Å². The molecule has 112 valence electrons. The van der Waals surface area contributed by atoms with Gasteiger partial charge in [-0.05, 0) is 6.07 Å². The molecule has 0 radical (unpaired) electrons. The zero-order valence-corrected chi connectivity index (χ0v) is 11.7. The Morgan fingerprint density at radius 1 is 1.35 bits per heavy atom. The highest BCUT2D eigenvalue weighted by molar-refractivity contribution is 5.36. The summed E-state index contributed by atoms with van der Waals surface area (Å²) in [4.78, 5) is 0. The van der Waals surface area contributed by atoms with Crippen molar-refractivity contribution in [3.63, 3.8) is 0 Å². The number of rotatable bonds is 7. The molecule has 1 fully saturated rings. The first-order valence-electron chi connectivity index (χ1n) is 6.73. The molecule has 0 aliphatic carbocycles. The van der Waals surface area contributed by atoms with E-state index in [1.807, 2.05) is 24.3 Å². The van der Waals surface area contributed by atoms with Crippen molar-refractivity contribution in [2.45, 2.75) is 12.1 Å². The van der Waals surface area contributed by atoms with Crippen molar-refractivity contribution in [1.29, 1.82) is 0 Å². The first-order chi connectivity index (χ1) is 9.86. The van der Waals surface area contributed by atoms with Crippen LogP contribution in [-0.4, -0.2) is 46.2 Å². The van der Waals surface area contributed by atoms with Crippen LogP contribution in [-0.2, 0) is 14.2 Å². The van der Waals surface area contributed by atoms with Crippen molar-refractivity contribution >= 4 is 0 Å². The Labute approximate surface area is 119 Å². The van der Waals surface area contributed by atoms with Gasteiger partial charge in [-0.2, -0.15) is 0 Å². The van der Waals surface area contributed by atoms with Crippen LogP contribution in [0, 0.1) is 0 Å². The van der Waals surface area contributed by atoms with E-state index < -0.39 is 0 Å². The van der Waals surface area contributed by atoms with Crippen LogP contribution in [0.15, 0.2) is 24.3 Å². The SMILES string of the molecule is COCCOc1ccccc1C(NN)C1COCCO1. The van der Waals surface area contributed by atoms with Crippen molar-refractivity contribution in [3.05, 3.63) is 29.8 Å². The van der Waals surface area contributed by atoms with Crippen LogP contribution < -0.4 is 16.0 Å².